The standard InChI is InChI=1S/C19H20N2O6/c1-11-6-5-7-15(12(11)2)19(23)27-13(3)18(22)20-16-10-14(21(24)25)8-9-17(16)26-4/h5-10,13H,1-4H3,(H,20,22)/t13-/m1/s1. The molecule has 0 radical (unpaired) electrons. The van der Waals surface area contributed by atoms with Crippen molar-refractivity contribution in [2.24, 2.45) is 0 Å². The van der Waals surface area contributed by atoms with Crippen LogP contribution in [0.4, 0.5) is 11.4 Å². The zero-order valence-electron chi connectivity index (χ0n) is 15.4. The van der Waals surface area contributed by atoms with Crippen LogP contribution in [0.1, 0.15) is 28.4 Å². The van der Waals surface area contributed by atoms with Crippen LogP contribution in [-0.2, 0) is 9.53 Å². The zero-order valence-corrected chi connectivity index (χ0v) is 15.4. The molecule has 8 heteroatoms. The van der Waals surface area contributed by atoms with Gasteiger partial charge in [-0.3, -0.25) is 14.9 Å². The van der Waals surface area contributed by atoms with Crippen molar-refractivity contribution in [2.75, 3.05) is 12.4 Å². The summed E-state index contributed by atoms with van der Waals surface area (Å²) in [6, 6.07) is 9.04. The number of nitro benzene ring substituents is 1. The lowest BCUT2D eigenvalue weighted by Crippen LogP contribution is -2.30. The van der Waals surface area contributed by atoms with E-state index < -0.39 is 22.9 Å². The number of rotatable bonds is 6. The number of methoxy groups -OCH3 is 1. The lowest BCUT2D eigenvalue weighted by atomic mass is 10.0. The van der Waals surface area contributed by atoms with Crippen molar-refractivity contribution in [3.63, 3.8) is 0 Å². The van der Waals surface area contributed by atoms with E-state index in [-0.39, 0.29) is 17.1 Å². The van der Waals surface area contributed by atoms with Crippen molar-refractivity contribution in [3.05, 3.63) is 63.2 Å². The molecule has 1 N–H and O–H groups in total. The fraction of sp³-hybridized carbons (Fsp3) is 0.263. The van der Waals surface area contributed by atoms with Crippen molar-refractivity contribution in [1.82, 2.24) is 0 Å². The number of non-ortho nitro benzene ring substituents is 1. The van der Waals surface area contributed by atoms with E-state index in [4.69, 9.17) is 9.47 Å². The summed E-state index contributed by atoms with van der Waals surface area (Å²) >= 11 is 0. The fourth-order valence-electron chi connectivity index (χ4n) is 2.39. The Balaban J connectivity index is 2.14. The Hall–Kier alpha value is -3.42. The number of carbonyl (C=O) groups excluding carboxylic acids is 2. The molecule has 0 aliphatic carbocycles. The molecule has 1 atom stereocenters. The number of nitro groups is 1. The summed E-state index contributed by atoms with van der Waals surface area (Å²) in [5.74, 6) is -1.00. The Bertz CT molecular complexity index is 894. The number of esters is 1. The highest BCUT2D eigenvalue weighted by atomic mass is 16.6. The van der Waals surface area contributed by atoms with Gasteiger partial charge in [0.15, 0.2) is 6.10 Å². The predicted molar refractivity (Wildman–Crippen MR) is 99.1 cm³/mol. The normalized spacial score (nSPS) is 11.4. The van der Waals surface area contributed by atoms with Crippen LogP contribution in [0.5, 0.6) is 5.75 Å². The van der Waals surface area contributed by atoms with Crippen molar-refractivity contribution in [3.8, 4) is 5.75 Å². The van der Waals surface area contributed by atoms with Crippen LogP contribution in [0.3, 0.4) is 0 Å². The second-order valence-electron chi connectivity index (χ2n) is 5.93. The van der Waals surface area contributed by atoms with Gasteiger partial charge in [0.25, 0.3) is 11.6 Å². The number of benzene rings is 2. The largest absolute Gasteiger partial charge is 0.495 e. The van der Waals surface area contributed by atoms with Crippen molar-refractivity contribution in [1.29, 1.82) is 0 Å². The number of hydrogen-bond donors (Lipinski definition) is 1. The minimum Gasteiger partial charge on any atom is -0.495 e. The first-order valence-corrected chi connectivity index (χ1v) is 8.15. The van der Waals surface area contributed by atoms with E-state index in [1.165, 1.54) is 32.2 Å². The van der Waals surface area contributed by atoms with Gasteiger partial charge in [0, 0.05) is 12.1 Å². The number of amides is 1. The summed E-state index contributed by atoms with van der Waals surface area (Å²) in [4.78, 5) is 35.0. The molecule has 2 aromatic carbocycles. The van der Waals surface area contributed by atoms with Crippen LogP contribution in [-0.4, -0.2) is 30.0 Å². The van der Waals surface area contributed by atoms with E-state index in [9.17, 15) is 19.7 Å². The maximum atomic E-state index is 12.4. The summed E-state index contributed by atoms with van der Waals surface area (Å²) in [6.07, 6.45) is -1.11. The van der Waals surface area contributed by atoms with E-state index >= 15 is 0 Å². The summed E-state index contributed by atoms with van der Waals surface area (Å²) in [5, 5.41) is 13.4. The highest BCUT2D eigenvalue weighted by molar-refractivity contribution is 5.98. The highest BCUT2D eigenvalue weighted by Gasteiger charge is 2.22. The molecule has 1 amide bonds. The summed E-state index contributed by atoms with van der Waals surface area (Å²) in [7, 11) is 1.38. The second kappa shape index (κ2) is 8.31. The molecule has 0 saturated heterocycles. The zero-order chi connectivity index (χ0) is 20.1. The Morgan fingerprint density at radius 2 is 1.89 bits per heavy atom. The van der Waals surface area contributed by atoms with Gasteiger partial charge >= 0.3 is 5.97 Å². The number of anilines is 1. The van der Waals surface area contributed by atoms with Gasteiger partial charge in [-0.15, -0.1) is 0 Å². The van der Waals surface area contributed by atoms with Gasteiger partial charge in [-0.1, -0.05) is 12.1 Å². The van der Waals surface area contributed by atoms with Crippen LogP contribution < -0.4 is 10.1 Å². The topological polar surface area (TPSA) is 108 Å². The van der Waals surface area contributed by atoms with Gasteiger partial charge in [-0.2, -0.15) is 0 Å². The molecular weight excluding hydrogens is 352 g/mol. The van der Waals surface area contributed by atoms with Crippen molar-refractivity contribution < 1.29 is 24.0 Å². The molecule has 2 rings (SSSR count). The maximum absolute atomic E-state index is 12.4. The SMILES string of the molecule is COc1ccc([N+](=O)[O-])cc1NC(=O)[C@@H](C)OC(=O)c1cccc(C)c1C. The molecule has 27 heavy (non-hydrogen) atoms. The minimum atomic E-state index is -1.11. The molecule has 2 aromatic rings. The number of carbonyl (C=O) groups is 2. The minimum absolute atomic E-state index is 0.117. The van der Waals surface area contributed by atoms with Gasteiger partial charge in [-0.05, 0) is 44.0 Å². The number of nitrogens with one attached hydrogen (secondary N) is 1. The van der Waals surface area contributed by atoms with Gasteiger partial charge in [0.1, 0.15) is 5.75 Å². The molecule has 0 spiro atoms. The predicted octanol–water partition coefficient (Wildman–Crippen LogP) is 3.40. The van der Waals surface area contributed by atoms with Crippen molar-refractivity contribution in [2.45, 2.75) is 26.9 Å². The fourth-order valence-corrected chi connectivity index (χ4v) is 2.39. The van der Waals surface area contributed by atoms with Crippen LogP contribution in [0.15, 0.2) is 36.4 Å². The third-order valence-corrected chi connectivity index (χ3v) is 4.13. The smallest absolute Gasteiger partial charge is 0.339 e. The van der Waals surface area contributed by atoms with Gasteiger partial charge in [-0.25, -0.2) is 4.79 Å². The van der Waals surface area contributed by atoms with Crippen LogP contribution in [0.25, 0.3) is 0 Å². The summed E-state index contributed by atoms with van der Waals surface area (Å²) in [6.45, 7) is 5.09. The molecule has 0 aromatic heterocycles. The maximum Gasteiger partial charge on any atom is 0.339 e. The number of nitrogens with zero attached hydrogens (tertiary/aromatic N) is 1. The van der Waals surface area contributed by atoms with Crippen molar-refractivity contribution >= 4 is 23.3 Å². The molecule has 0 saturated carbocycles. The van der Waals surface area contributed by atoms with E-state index in [1.54, 1.807) is 19.1 Å². The van der Waals surface area contributed by atoms with Gasteiger partial charge in [0.2, 0.25) is 0 Å². The Kier molecular flexibility index (Phi) is 6.12. The van der Waals surface area contributed by atoms with Crippen LogP contribution in [0, 0.1) is 24.0 Å². The molecule has 0 unspecified atom stereocenters. The molecule has 142 valence electrons. The average molecular weight is 372 g/mol. The van der Waals surface area contributed by atoms with Crippen LogP contribution >= 0.6 is 0 Å². The van der Waals surface area contributed by atoms with E-state index in [1.807, 2.05) is 13.0 Å². The Morgan fingerprint density at radius 1 is 1.19 bits per heavy atom. The van der Waals surface area contributed by atoms with E-state index in [2.05, 4.69) is 5.32 Å². The summed E-state index contributed by atoms with van der Waals surface area (Å²) in [5.41, 5.74) is 2.00. The molecule has 8 nitrogen and oxygen atoms in total. The first-order chi connectivity index (χ1) is 12.7. The van der Waals surface area contributed by atoms with E-state index in [0.29, 0.717) is 5.56 Å². The molecular formula is C19H20N2O6. The van der Waals surface area contributed by atoms with E-state index in [0.717, 1.165) is 11.1 Å². The Labute approximate surface area is 156 Å². The highest BCUT2D eigenvalue weighted by Crippen LogP contribution is 2.29. The number of ether oxygens (including phenoxy) is 2. The van der Waals surface area contributed by atoms with Crippen LogP contribution in [0.2, 0.25) is 0 Å². The summed E-state index contributed by atoms with van der Waals surface area (Å²) < 4.78 is 10.3. The lowest BCUT2D eigenvalue weighted by molar-refractivity contribution is -0.384. The second-order valence-corrected chi connectivity index (χ2v) is 5.93. The lowest BCUT2D eigenvalue weighted by Gasteiger charge is -2.16. The number of hydrogen-bond acceptors (Lipinski definition) is 6. The first-order valence-electron chi connectivity index (χ1n) is 8.15. The molecule has 0 aliphatic heterocycles. The molecule has 0 heterocycles. The first kappa shape index (κ1) is 19.9. The third-order valence-electron chi connectivity index (χ3n) is 4.13. The molecule has 0 fully saturated rings. The molecule has 0 aliphatic rings. The third kappa shape index (κ3) is 4.60. The monoisotopic (exact) mass is 372 g/mol. The number of aryl methyl sites for hydroxylation is 1. The van der Waals surface area contributed by atoms with Gasteiger partial charge < -0.3 is 14.8 Å². The molecule has 0 bridgehead atoms. The quantitative estimate of drug-likeness (QED) is 0.473. The average Bonchev–Trinajstić information content (AvgIpc) is 2.63. The van der Waals surface area contributed by atoms with Gasteiger partial charge in [0.05, 0.1) is 23.3 Å². The Morgan fingerprint density at radius 3 is 2.52 bits per heavy atom.